The van der Waals surface area contributed by atoms with Gasteiger partial charge in [-0.2, -0.15) is 0 Å². The molecule has 1 aliphatic heterocycles. The van der Waals surface area contributed by atoms with Gasteiger partial charge in [-0.15, -0.1) is 0 Å². The second kappa shape index (κ2) is 5.27. The smallest absolute Gasteiger partial charge is 0.177 e. The molecule has 0 aliphatic carbocycles. The Kier molecular flexibility index (Phi) is 3.44. The number of nitrogens with zero attached hydrogens (tertiary/aromatic N) is 4. The zero-order valence-corrected chi connectivity index (χ0v) is 10.8. The van der Waals surface area contributed by atoms with Gasteiger partial charge in [0.2, 0.25) is 0 Å². The van der Waals surface area contributed by atoms with E-state index in [1.807, 2.05) is 0 Å². The Labute approximate surface area is 119 Å². The summed E-state index contributed by atoms with van der Waals surface area (Å²) < 4.78 is 6.67. The Morgan fingerprint density at radius 1 is 1.29 bits per heavy atom. The number of aliphatic hydroxyl groups excluding tert-OH is 3. The molecule has 5 N–H and O–H groups in total. The molecule has 2 aromatic rings. The first kappa shape index (κ1) is 13.7. The van der Waals surface area contributed by atoms with E-state index in [9.17, 15) is 10.2 Å². The molecule has 3 rings (SSSR count). The topological polar surface area (TPSA) is 140 Å². The number of ether oxygens (including phenoxy) is 1. The van der Waals surface area contributed by atoms with Crippen molar-refractivity contribution in [2.24, 2.45) is 0 Å². The van der Waals surface area contributed by atoms with Crippen LogP contribution in [0.1, 0.15) is 0 Å². The Morgan fingerprint density at radius 3 is 2.81 bits per heavy atom. The number of hydrogen-bond acceptors (Lipinski definition) is 8. The predicted molar refractivity (Wildman–Crippen MR) is 70.7 cm³/mol. The summed E-state index contributed by atoms with van der Waals surface area (Å²) in [5, 5.41) is 28.4. The van der Waals surface area contributed by atoms with Gasteiger partial charge in [0.1, 0.15) is 37.1 Å². The number of hydrogen-bond donors (Lipinski definition) is 4. The average Bonchev–Trinajstić information content (AvgIpc) is 3.01. The van der Waals surface area contributed by atoms with Gasteiger partial charge < -0.3 is 25.8 Å². The molecule has 1 saturated heterocycles. The number of rotatable bonds is 1. The van der Waals surface area contributed by atoms with Crippen molar-refractivity contribution in [3.05, 3.63) is 12.7 Å². The number of aromatic nitrogens is 4. The fourth-order valence-corrected chi connectivity index (χ4v) is 2.09. The van der Waals surface area contributed by atoms with Crippen LogP contribution in [-0.2, 0) is 4.74 Å². The van der Waals surface area contributed by atoms with Gasteiger partial charge in [-0.1, -0.05) is 0 Å². The molecular weight excluding hydrogens is 278 g/mol. The van der Waals surface area contributed by atoms with Crippen molar-refractivity contribution in [3.8, 4) is 12.0 Å². The van der Waals surface area contributed by atoms with E-state index in [1.165, 1.54) is 17.2 Å². The molecule has 0 saturated carbocycles. The van der Waals surface area contributed by atoms with Crippen molar-refractivity contribution < 1.29 is 20.1 Å². The van der Waals surface area contributed by atoms with E-state index >= 15 is 0 Å². The zero-order valence-electron chi connectivity index (χ0n) is 10.8. The fourth-order valence-electron chi connectivity index (χ4n) is 2.09. The van der Waals surface area contributed by atoms with Crippen LogP contribution in [0, 0.1) is 12.0 Å². The summed E-state index contributed by atoms with van der Waals surface area (Å²) in [6.45, 7) is -0.395. The molecule has 21 heavy (non-hydrogen) atoms. The third-order valence-corrected chi connectivity index (χ3v) is 3.23. The minimum atomic E-state index is -1.19. The highest BCUT2D eigenvalue weighted by Crippen LogP contribution is 2.20. The van der Waals surface area contributed by atoms with E-state index in [1.54, 1.807) is 0 Å². The highest BCUT2D eigenvalue weighted by molar-refractivity contribution is 5.81. The number of imidazole rings is 1. The highest BCUT2D eigenvalue weighted by Gasteiger charge is 2.41. The van der Waals surface area contributed by atoms with Crippen LogP contribution in [0.4, 0.5) is 5.82 Å². The zero-order chi connectivity index (χ0) is 15.0. The molecule has 0 spiro atoms. The summed E-state index contributed by atoms with van der Waals surface area (Å²) in [6, 6.07) is 2.71. The normalized spacial score (nSPS) is 28.5. The molecule has 0 radical (unpaired) electrons. The van der Waals surface area contributed by atoms with Crippen molar-refractivity contribution >= 4 is 17.0 Å². The minimum absolute atomic E-state index is 0.244. The molecule has 2 aromatic heterocycles. The quantitative estimate of drug-likeness (QED) is 0.430. The summed E-state index contributed by atoms with van der Waals surface area (Å²) in [5.41, 5.74) is 6.52. The Bertz CT molecular complexity index is 721. The molecule has 1 fully saturated rings. The fraction of sp³-hybridized carbons (Fsp3) is 0.417. The van der Waals surface area contributed by atoms with E-state index in [4.69, 9.17) is 15.6 Å². The van der Waals surface area contributed by atoms with Gasteiger partial charge in [0, 0.05) is 6.04 Å². The van der Waals surface area contributed by atoms with Gasteiger partial charge in [-0.3, -0.25) is 0 Å². The summed E-state index contributed by atoms with van der Waals surface area (Å²) in [6.07, 6.45) is -1.41. The molecule has 9 heteroatoms. The number of anilines is 1. The van der Waals surface area contributed by atoms with Crippen LogP contribution in [0.25, 0.3) is 11.2 Å². The van der Waals surface area contributed by atoms with Gasteiger partial charge in [-0.25, -0.2) is 19.5 Å². The molecule has 0 bridgehead atoms. The lowest BCUT2D eigenvalue weighted by Gasteiger charge is -2.09. The standard InChI is InChI=1S/C12H13N5O4/c13-11-8-12(15-4-14-11)17(5-16-8)2-1-6-9(19)10(20)7(3-18)21-6/h4-7,9-10,18-20H,3H2,(H2,13,14,15)/t6-,7+,9?,10?/m0/s1. The van der Waals surface area contributed by atoms with Crippen LogP contribution in [0.5, 0.6) is 0 Å². The average molecular weight is 291 g/mol. The summed E-state index contributed by atoms with van der Waals surface area (Å²) in [7, 11) is 0. The van der Waals surface area contributed by atoms with E-state index in [-0.39, 0.29) is 5.82 Å². The number of nitrogen functional groups attached to an aromatic ring is 1. The molecule has 4 atom stereocenters. The third kappa shape index (κ3) is 2.30. The minimum Gasteiger partial charge on any atom is -0.394 e. The van der Waals surface area contributed by atoms with E-state index in [0.717, 1.165) is 0 Å². The maximum absolute atomic E-state index is 9.79. The predicted octanol–water partition coefficient (Wildman–Crippen LogP) is -2.30. The lowest BCUT2D eigenvalue weighted by Crippen LogP contribution is -2.33. The van der Waals surface area contributed by atoms with Crippen LogP contribution in [-0.4, -0.2) is 65.9 Å². The van der Waals surface area contributed by atoms with Gasteiger partial charge in [0.05, 0.1) is 6.61 Å². The molecule has 9 nitrogen and oxygen atoms in total. The number of fused-ring (bicyclic) bond motifs is 1. The molecule has 0 aromatic carbocycles. The highest BCUT2D eigenvalue weighted by atomic mass is 16.6. The first-order valence-electron chi connectivity index (χ1n) is 6.19. The summed E-state index contributed by atoms with van der Waals surface area (Å²) in [5.74, 6) is 2.91. The SMILES string of the molecule is Nc1ncnc2c1ncn2C#C[C@@H]1O[C@H](CO)C(O)C1O. The van der Waals surface area contributed by atoms with Gasteiger partial charge >= 0.3 is 0 Å². The molecule has 0 amide bonds. The van der Waals surface area contributed by atoms with E-state index in [0.29, 0.717) is 11.2 Å². The van der Waals surface area contributed by atoms with Gasteiger partial charge in [-0.05, 0) is 5.92 Å². The second-order valence-electron chi connectivity index (χ2n) is 4.56. The number of aliphatic hydroxyl groups is 3. The molecule has 2 unspecified atom stereocenters. The first-order chi connectivity index (χ1) is 10.1. The Morgan fingerprint density at radius 2 is 2.10 bits per heavy atom. The molecule has 3 heterocycles. The lowest BCUT2D eigenvalue weighted by molar-refractivity contribution is -0.0111. The second-order valence-corrected chi connectivity index (χ2v) is 4.56. The lowest BCUT2D eigenvalue weighted by atomic mass is 10.1. The van der Waals surface area contributed by atoms with Crippen molar-refractivity contribution in [1.29, 1.82) is 0 Å². The van der Waals surface area contributed by atoms with E-state index < -0.39 is 31.0 Å². The molecular formula is C12H13N5O4. The molecule has 1 aliphatic rings. The largest absolute Gasteiger partial charge is 0.394 e. The van der Waals surface area contributed by atoms with Crippen LogP contribution >= 0.6 is 0 Å². The first-order valence-corrected chi connectivity index (χ1v) is 6.19. The maximum atomic E-state index is 9.79. The van der Waals surface area contributed by atoms with Crippen LogP contribution < -0.4 is 5.73 Å². The van der Waals surface area contributed by atoms with Crippen LogP contribution in [0.15, 0.2) is 12.7 Å². The number of nitrogens with two attached hydrogens (primary N) is 1. The van der Waals surface area contributed by atoms with Crippen LogP contribution in [0.2, 0.25) is 0 Å². The van der Waals surface area contributed by atoms with E-state index in [2.05, 4.69) is 26.9 Å². The Balaban J connectivity index is 1.89. The molecule has 110 valence electrons. The van der Waals surface area contributed by atoms with Gasteiger partial charge in [0.15, 0.2) is 17.0 Å². The van der Waals surface area contributed by atoms with Crippen molar-refractivity contribution in [2.75, 3.05) is 12.3 Å². The van der Waals surface area contributed by atoms with Crippen molar-refractivity contribution in [2.45, 2.75) is 24.4 Å². The van der Waals surface area contributed by atoms with Crippen LogP contribution in [0.3, 0.4) is 0 Å². The van der Waals surface area contributed by atoms with Crippen molar-refractivity contribution in [1.82, 2.24) is 19.5 Å². The van der Waals surface area contributed by atoms with Gasteiger partial charge in [0.25, 0.3) is 0 Å². The summed E-state index contributed by atoms with van der Waals surface area (Å²) in [4.78, 5) is 11.9. The summed E-state index contributed by atoms with van der Waals surface area (Å²) >= 11 is 0. The third-order valence-electron chi connectivity index (χ3n) is 3.23. The monoisotopic (exact) mass is 291 g/mol. The maximum Gasteiger partial charge on any atom is 0.177 e. The van der Waals surface area contributed by atoms with Crippen molar-refractivity contribution in [3.63, 3.8) is 0 Å². The Hall–Kier alpha value is -2.25.